The van der Waals surface area contributed by atoms with Gasteiger partial charge in [-0.2, -0.15) is 0 Å². The van der Waals surface area contributed by atoms with Crippen molar-refractivity contribution in [2.45, 2.75) is 26.8 Å². The zero-order valence-corrected chi connectivity index (χ0v) is 19.0. The molecule has 0 atom stereocenters. The van der Waals surface area contributed by atoms with Gasteiger partial charge in [-0.3, -0.25) is 9.36 Å². The molecule has 7 heteroatoms. The molecule has 0 unspecified atom stereocenters. The second kappa shape index (κ2) is 9.47. The van der Waals surface area contributed by atoms with Gasteiger partial charge in [0.15, 0.2) is 5.11 Å². The number of aromatic nitrogens is 2. The Labute approximate surface area is 183 Å². The van der Waals surface area contributed by atoms with Gasteiger partial charge in [-0.15, -0.1) is 0 Å². The molecule has 1 aromatic heterocycles. The fourth-order valence-corrected chi connectivity index (χ4v) is 3.92. The van der Waals surface area contributed by atoms with E-state index in [9.17, 15) is 4.79 Å². The molecule has 3 rings (SSSR count). The molecule has 0 aliphatic carbocycles. The Bertz CT molecular complexity index is 1040. The van der Waals surface area contributed by atoms with Gasteiger partial charge in [-0.05, 0) is 72.1 Å². The molecular formula is C21H23IN4OS. The van der Waals surface area contributed by atoms with Gasteiger partial charge < -0.3 is 10.2 Å². The van der Waals surface area contributed by atoms with E-state index < -0.39 is 0 Å². The number of halogens is 1. The Morgan fingerprint density at radius 3 is 2.64 bits per heavy atom. The van der Waals surface area contributed by atoms with Crippen LogP contribution in [0.5, 0.6) is 0 Å². The smallest absolute Gasteiger partial charge is 0.261 e. The molecule has 0 saturated carbocycles. The van der Waals surface area contributed by atoms with Crippen molar-refractivity contribution in [1.29, 1.82) is 0 Å². The molecular weight excluding hydrogens is 483 g/mol. The SMILES string of the molecule is CCc1nc2ccc(I)cc2c(=O)n1CCN(CC)C(=S)Nc1ccccc1. The fraction of sp³-hybridized carbons (Fsp3) is 0.286. The van der Waals surface area contributed by atoms with E-state index in [1.54, 1.807) is 4.57 Å². The number of nitrogens with one attached hydrogen (secondary N) is 1. The fourth-order valence-electron chi connectivity index (χ4n) is 3.09. The van der Waals surface area contributed by atoms with Crippen molar-refractivity contribution < 1.29 is 0 Å². The molecule has 0 amide bonds. The number of thiocarbonyl (C=S) groups is 1. The molecule has 2 aromatic carbocycles. The molecule has 1 heterocycles. The van der Waals surface area contributed by atoms with E-state index in [0.717, 1.165) is 27.1 Å². The van der Waals surface area contributed by atoms with Gasteiger partial charge >= 0.3 is 0 Å². The third-order valence-electron chi connectivity index (χ3n) is 4.60. The van der Waals surface area contributed by atoms with Gasteiger partial charge in [0.25, 0.3) is 5.56 Å². The van der Waals surface area contributed by atoms with Gasteiger partial charge in [0, 0.05) is 35.3 Å². The van der Waals surface area contributed by atoms with Crippen LogP contribution in [0.15, 0.2) is 53.3 Å². The number of nitrogens with zero attached hydrogens (tertiary/aromatic N) is 3. The van der Waals surface area contributed by atoms with Crippen LogP contribution in [0.3, 0.4) is 0 Å². The Balaban J connectivity index is 1.82. The average molecular weight is 506 g/mol. The summed E-state index contributed by atoms with van der Waals surface area (Å²) >= 11 is 7.79. The predicted octanol–water partition coefficient (Wildman–Crippen LogP) is 4.28. The normalized spacial score (nSPS) is 10.8. The minimum atomic E-state index is 0.0124. The highest BCUT2D eigenvalue weighted by atomic mass is 127. The van der Waals surface area contributed by atoms with Crippen LogP contribution < -0.4 is 10.9 Å². The summed E-state index contributed by atoms with van der Waals surface area (Å²) in [4.78, 5) is 19.8. The number of anilines is 1. The van der Waals surface area contributed by atoms with Crippen LogP contribution in [0.2, 0.25) is 0 Å². The molecule has 146 valence electrons. The second-order valence-corrected chi connectivity index (χ2v) is 8.01. The number of hydrogen-bond donors (Lipinski definition) is 1. The first-order valence-corrected chi connectivity index (χ1v) is 10.8. The number of aryl methyl sites for hydroxylation is 1. The van der Waals surface area contributed by atoms with Crippen LogP contribution in [0.1, 0.15) is 19.7 Å². The lowest BCUT2D eigenvalue weighted by Gasteiger charge is -2.25. The minimum Gasteiger partial charge on any atom is -0.348 e. The summed E-state index contributed by atoms with van der Waals surface area (Å²) in [5.74, 6) is 0.802. The quantitative estimate of drug-likeness (QED) is 0.400. The van der Waals surface area contributed by atoms with E-state index in [0.29, 0.717) is 30.0 Å². The zero-order chi connectivity index (χ0) is 20.1. The number of hydrogen-bond acceptors (Lipinski definition) is 3. The molecule has 0 radical (unpaired) electrons. The highest BCUT2D eigenvalue weighted by Crippen LogP contribution is 2.14. The predicted molar refractivity (Wildman–Crippen MR) is 128 cm³/mol. The van der Waals surface area contributed by atoms with Crippen LogP contribution in [0.25, 0.3) is 10.9 Å². The average Bonchev–Trinajstić information content (AvgIpc) is 2.70. The van der Waals surface area contributed by atoms with E-state index in [1.165, 1.54) is 0 Å². The third-order valence-corrected chi connectivity index (χ3v) is 5.63. The summed E-state index contributed by atoms with van der Waals surface area (Å²) in [7, 11) is 0. The lowest BCUT2D eigenvalue weighted by atomic mass is 10.2. The second-order valence-electron chi connectivity index (χ2n) is 6.38. The molecule has 0 aliphatic rings. The van der Waals surface area contributed by atoms with Crippen molar-refractivity contribution in [3.8, 4) is 0 Å². The van der Waals surface area contributed by atoms with Crippen LogP contribution in [0, 0.1) is 3.57 Å². The maximum Gasteiger partial charge on any atom is 0.261 e. The summed E-state index contributed by atoms with van der Waals surface area (Å²) < 4.78 is 2.81. The Morgan fingerprint density at radius 2 is 1.96 bits per heavy atom. The van der Waals surface area contributed by atoms with Gasteiger partial charge in [-0.25, -0.2) is 4.98 Å². The van der Waals surface area contributed by atoms with Crippen LogP contribution in [0.4, 0.5) is 5.69 Å². The molecule has 1 N–H and O–H groups in total. The van der Waals surface area contributed by atoms with Gasteiger partial charge in [0.2, 0.25) is 0 Å². The lowest BCUT2D eigenvalue weighted by molar-refractivity contribution is 0.409. The standard InChI is InChI=1S/C21H23IN4OS/c1-3-19-24-18-11-10-15(22)14-17(18)20(27)26(19)13-12-25(4-2)21(28)23-16-8-6-5-7-9-16/h5-11,14H,3-4,12-13H2,1-2H3,(H,23,28). The number of likely N-dealkylation sites (N-methyl/N-ethyl adjacent to an activating group) is 1. The molecule has 3 aromatic rings. The number of rotatable bonds is 6. The Morgan fingerprint density at radius 1 is 1.21 bits per heavy atom. The number of fused-ring (bicyclic) bond motifs is 1. The molecule has 0 fully saturated rings. The molecule has 28 heavy (non-hydrogen) atoms. The molecule has 0 saturated heterocycles. The van der Waals surface area contributed by atoms with Crippen molar-refractivity contribution >= 4 is 56.5 Å². The minimum absolute atomic E-state index is 0.0124. The molecule has 0 aliphatic heterocycles. The van der Waals surface area contributed by atoms with Gasteiger partial charge in [0.1, 0.15) is 5.82 Å². The molecule has 0 spiro atoms. The summed E-state index contributed by atoms with van der Waals surface area (Å²) in [6.45, 7) is 6.02. The van der Waals surface area contributed by atoms with Crippen molar-refractivity contribution in [3.63, 3.8) is 0 Å². The monoisotopic (exact) mass is 506 g/mol. The summed E-state index contributed by atoms with van der Waals surface area (Å²) in [5, 5.41) is 4.58. The Hall–Kier alpha value is -2.00. The van der Waals surface area contributed by atoms with Crippen LogP contribution >= 0.6 is 34.8 Å². The van der Waals surface area contributed by atoms with Crippen LogP contribution in [-0.4, -0.2) is 32.7 Å². The lowest BCUT2D eigenvalue weighted by Crippen LogP contribution is -2.39. The largest absolute Gasteiger partial charge is 0.348 e. The van der Waals surface area contributed by atoms with E-state index >= 15 is 0 Å². The summed E-state index contributed by atoms with van der Waals surface area (Å²) in [5.41, 5.74) is 1.73. The topological polar surface area (TPSA) is 50.2 Å². The first-order valence-electron chi connectivity index (χ1n) is 9.33. The van der Waals surface area contributed by atoms with Crippen molar-refractivity contribution in [2.75, 3.05) is 18.4 Å². The maximum absolute atomic E-state index is 13.1. The summed E-state index contributed by atoms with van der Waals surface area (Å²) in [6, 6.07) is 15.7. The van der Waals surface area contributed by atoms with E-state index in [-0.39, 0.29) is 5.56 Å². The first-order chi connectivity index (χ1) is 13.5. The first kappa shape index (κ1) is 20.7. The highest BCUT2D eigenvalue weighted by molar-refractivity contribution is 14.1. The van der Waals surface area contributed by atoms with E-state index in [4.69, 9.17) is 17.2 Å². The van der Waals surface area contributed by atoms with Gasteiger partial charge in [-0.1, -0.05) is 25.1 Å². The molecule has 0 bridgehead atoms. The molecule has 5 nitrogen and oxygen atoms in total. The third kappa shape index (κ3) is 4.70. The zero-order valence-electron chi connectivity index (χ0n) is 16.0. The number of benzene rings is 2. The van der Waals surface area contributed by atoms with Crippen molar-refractivity contribution in [1.82, 2.24) is 14.5 Å². The maximum atomic E-state index is 13.1. The highest BCUT2D eigenvalue weighted by Gasteiger charge is 2.13. The van der Waals surface area contributed by atoms with E-state index in [1.807, 2.05) is 55.5 Å². The van der Waals surface area contributed by atoms with Gasteiger partial charge in [0.05, 0.1) is 10.9 Å². The van der Waals surface area contributed by atoms with Crippen LogP contribution in [-0.2, 0) is 13.0 Å². The number of para-hydroxylation sites is 1. The summed E-state index contributed by atoms with van der Waals surface area (Å²) in [6.07, 6.45) is 0.704. The van der Waals surface area contributed by atoms with E-state index in [2.05, 4.69) is 39.7 Å². The van der Waals surface area contributed by atoms with Crippen molar-refractivity contribution in [2.24, 2.45) is 0 Å². The Kier molecular flexibility index (Phi) is 7.01. The van der Waals surface area contributed by atoms with Crippen molar-refractivity contribution in [3.05, 3.63) is 68.3 Å².